The predicted octanol–water partition coefficient (Wildman–Crippen LogP) is 4.61. The molecular weight excluding hydrogens is 295 g/mol. The van der Waals surface area contributed by atoms with Gasteiger partial charge in [0.2, 0.25) is 0 Å². The number of aliphatic hydroxyl groups excluding tert-OH is 1. The Labute approximate surface area is 126 Å². The minimum Gasteiger partial charge on any atom is -0.511 e. The van der Waals surface area contributed by atoms with Crippen molar-refractivity contribution in [1.29, 1.82) is 0 Å². The number of hydrogen-bond donors (Lipinski definition) is 1. The molecule has 0 aromatic heterocycles. The summed E-state index contributed by atoms with van der Waals surface area (Å²) in [5.74, 6) is -0.332. The van der Waals surface area contributed by atoms with E-state index < -0.39 is 11.7 Å². The summed E-state index contributed by atoms with van der Waals surface area (Å²) in [5.41, 5.74) is -0.990. The zero-order valence-corrected chi connectivity index (χ0v) is 12.2. The fourth-order valence-corrected chi connectivity index (χ4v) is 2.35. The van der Waals surface area contributed by atoms with Crippen LogP contribution >= 0.6 is 0 Å². The standard InChI is InChI=1S/C16H16F3NO2/c1-15(2)7-13(21)12(14(22)8-15)9-20-11-5-3-4-10(6-11)16(17,18)19/h3-6,9,21H,7-8H2,1-2H3. The minimum atomic E-state index is -4.45. The van der Waals surface area contributed by atoms with E-state index in [9.17, 15) is 23.1 Å². The Balaban J connectivity index is 2.27. The quantitative estimate of drug-likeness (QED) is 0.811. The second-order valence-corrected chi connectivity index (χ2v) is 6.11. The summed E-state index contributed by atoms with van der Waals surface area (Å²) in [6.45, 7) is 3.73. The van der Waals surface area contributed by atoms with Crippen LogP contribution in [-0.2, 0) is 11.0 Å². The summed E-state index contributed by atoms with van der Waals surface area (Å²) >= 11 is 0. The molecule has 1 aliphatic carbocycles. The van der Waals surface area contributed by atoms with Crippen molar-refractivity contribution in [3.05, 3.63) is 41.2 Å². The van der Waals surface area contributed by atoms with Crippen LogP contribution in [0.15, 0.2) is 40.6 Å². The molecule has 0 unspecified atom stereocenters. The molecule has 22 heavy (non-hydrogen) atoms. The third kappa shape index (κ3) is 3.75. The molecule has 0 saturated carbocycles. The van der Waals surface area contributed by atoms with Crippen LogP contribution in [0.5, 0.6) is 0 Å². The Morgan fingerprint density at radius 3 is 2.55 bits per heavy atom. The highest BCUT2D eigenvalue weighted by atomic mass is 19.4. The molecule has 2 rings (SSSR count). The zero-order valence-electron chi connectivity index (χ0n) is 12.2. The Hall–Kier alpha value is -2.11. The van der Waals surface area contributed by atoms with Crippen LogP contribution in [0, 0.1) is 5.41 Å². The van der Waals surface area contributed by atoms with Gasteiger partial charge < -0.3 is 5.11 Å². The van der Waals surface area contributed by atoms with E-state index in [1.54, 1.807) is 0 Å². The first kappa shape index (κ1) is 16.3. The lowest BCUT2D eigenvalue weighted by molar-refractivity contribution is -0.137. The van der Waals surface area contributed by atoms with Crippen LogP contribution in [0.1, 0.15) is 32.3 Å². The topological polar surface area (TPSA) is 49.7 Å². The maximum atomic E-state index is 12.6. The van der Waals surface area contributed by atoms with Crippen molar-refractivity contribution in [2.75, 3.05) is 0 Å². The molecule has 0 bridgehead atoms. The van der Waals surface area contributed by atoms with E-state index in [0.29, 0.717) is 6.42 Å². The van der Waals surface area contributed by atoms with E-state index in [0.717, 1.165) is 18.3 Å². The third-order valence-corrected chi connectivity index (χ3v) is 3.41. The first-order valence-electron chi connectivity index (χ1n) is 6.75. The number of aliphatic hydroxyl groups is 1. The number of rotatable bonds is 2. The molecule has 0 saturated heterocycles. The number of nitrogens with zero attached hydrogens (tertiary/aromatic N) is 1. The molecule has 1 N–H and O–H groups in total. The molecule has 6 heteroatoms. The van der Waals surface area contributed by atoms with Crippen molar-refractivity contribution in [2.24, 2.45) is 10.4 Å². The summed E-state index contributed by atoms with van der Waals surface area (Å²) < 4.78 is 37.9. The molecule has 0 aliphatic heterocycles. The Kier molecular flexibility index (Phi) is 4.13. The van der Waals surface area contributed by atoms with E-state index in [4.69, 9.17) is 0 Å². The van der Waals surface area contributed by atoms with Gasteiger partial charge in [-0.2, -0.15) is 13.2 Å². The van der Waals surface area contributed by atoms with Crippen molar-refractivity contribution in [2.45, 2.75) is 32.9 Å². The Bertz CT molecular complexity index is 658. The smallest absolute Gasteiger partial charge is 0.416 e. The Morgan fingerprint density at radius 2 is 1.95 bits per heavy atom. The third-order valence-electron chi connectivity index (χ3n) is 3.41. The van der Waals surface area contributed by atoms with E-state index in [2.05, 4.69) is 4.99 Å². The van der Waals surface area contributed by atoms with Crippen molar-refractivity contribution in [3.8, 4) is 0 Å². The van der Waals surface area contributed by atoms with Crippen LogP contribution in [0.4, 0.5) is 18.9 Å². The maximum absolute atomic E-state index is 12.6. The molecule has 1 aromatic carbocycles. The van der Waals surface area contributed by atoms with Gasteiger partial charge in [0.15, 0.2) is 5.78 Å². The molecule has 118 valence electrons. The van der Waals surface area contributed by atoms with Crippen LogP contribution in [-0.4, -0.2) is 17.1 Å². The zero-order chi connectivity index (χ0) is 16.5. The molecule has 0 spiro atoms. The number of halogens is 3. The minimum absolute atomic E-state index is 0.0664. The van der Waals surface area contributed by atoms with Crippen molar-refractivity contribution in [1.82, 2.24) is 0 Å². The molecule has 0 atom stereocenters. The van der Waals surface area contributed by atoms with Gasteiger partial charge in [-0.15, -0.1) is 0 Å². The van der Waals surface area contributed by atoms with Crippen LogP contribution in [0.2, 0.25) is 0 Å². The molecule has 1 aromatic rings. The fourth-order valence-electron chi connectivity index (χ4n) is 2.35. The van der Waals surface area contributed by atoms with E-state index >= 15 is 0 Å². The van der Waals surface area contributed by atoms with Crippen molar-refractivity contribution in [3.63, 3.8) is 0 Å². The molecule has 0 amide bonds. The number of benzene rings is 1. The van der Waals surface area contributed by atoms with E-state index in [1.807, 2.05) is 13.8 Å². The van der Waals surface area contributed by atoms with Gasteiger partial charge in [-0.1, -0.05) is 19.9 Å². The second kappa shape index (κ2) is 5.59. The fraction of sp³-hybridized carbons (Fsp3) is 0.375. The van der Waals surface area contributed by atoms with E-state index in [-0.39, 0.29) is 34.6 Å². The Morgan fingerprint density at radius 1 is 1.27 bits per heavy atom. The number of Topliss-reactive ketones (excluding diaryl/α,β-unsaturated/α-hetero) is 1. The molecule has 0 heterocycles. The molecule has 0 radical (unpaired) electrons. The number of hydrogen-bond acceptors (Lipinski definition) is 3. The second-order valence-electron chi connectivity index (χ2n) is 6.11. The predicted molar refractivity (Wildman–Crippen MR) is 77.3 cm³/mol. The number of carbonyl (C=O) groups excluding carboxylic acids is 1. The lowest BCUT2D eigenvalue weighted by Crippen LogP contribution is -2.26. The largest absolute Gasteiger partial charge is 0.511 e. The van der Waals surface area contributed by atoms with Crippen molar-refractivity contribution >= 4 is 17.7 Å². The number of ketones is 1. The monoisotopic (exact) mass is 311 g/mol. The molecule has 0 fully saturated rings. The van der Waals surface area contributed by atoms with Crippen LogP contribution in [0.25, 0.3) is 0 Å². The van der Waals surface area contributed by atoms with Gasteiger partial charge >= 0.3 is 6.18 Å². The van der Waals surface area contributed by atoms with Gasteiger partial charge in [0, 0.05) is 19.1 Å². The van der Waals surface area contributed by atoms with Gasteiger partial charge in [0.1, 0.15) is 5.76 Å². The highest BCUT2D eigenvalue weighted by molar-refractivity contribution is 6.14. The SMILES string of the molecule is CC1(C)CC(=O)C(C=Nc2cccc(C(F)(F)F)c2)=C(O)C1. The normalized spacial score (nSPS) is 19.0. The van der Waals surface area contributed by atoms with Gasteiger partial charge in [-0.05, 0) is 23.6 Å². The van der Waals surface area contributed by atoms with E-state index in [1.165, 1.54) is 12.1 Å². The summed E-state index contributed by atoms with van der Waals surface area (Å²) in [4.78, 5) is 15.9. The molecule has 1 aliphatic rings. The van der Waals surface area contributed by atoms with Crippen LogP contribution in [0.3, 0.4) is 0 Å². The average Bonchev–Trinajstić information content (AvgIpc) is 2.35. The lowest BCUT2D eigenvalue weighted by Gasteiger charge is -2.28. The van der Waals surface area contributed by atoms with Crippen LogP contribution < -0.4 is 0 Å². The number of aliphatic imine (C=N–C) groups is 1. The summed E-state index contributed by atoms with van der Waals surface area (Å²) in [7, 11) is 0. The average molecular weight is 311 g/mol. The maximum Gasteiger partial charge on any atom is 0.416 e. The highest BCUT2D eigenvalue weighted by Crippen LogP contribution is 2.35. The summed E-state index contributed by atoms with van der Waals surface area (Å²) in [5, 5.41) is 9.92. The lowest BCUT2D eigenvalue weighted by atomic mass is 9.77. The number of allylic oxidation sites excluding steroid dienone is 2. The first-order chi connectivity index (χ1) is 10.1. The first-order valence-corrected chi connectivity index (χ1v) is 6.75. The number of alkyl halides is 3. The van der Waals surface area contributed by atoms with Gasteiger partial charge in [0.05, 0.1) is 16.8 Å². The summed E-state index contributed by atoms with van der Waals surface area (Å²) in [6, 6.07) is 4.49. The summed E-state index contributed by atoms with van der Waals surface area (Å²) in [6.07, 6.45) is -2.70. The van der Waals surface area contributed by atoms with Gasteiger partial charge in [-0.3, -0.25) is 9.79 Å². The van der Waals surface area contributed by atoms with Crippen molar-refractivity contribution < 1.29 is 23.1 Å². The highest BCUT2D eigenvalue weighted by Gasteiger charge is 2.32. The number of carbonyl (C=O) groups is 1. The molecule has 3 nitrogen and oxygen atoms in total. The van der Waals surface area contributed by atoms with Gasteiger partial charge in [0.25, 0.3) is 0 Å². The molecular formula is C16H16F3NO2. The van der Waals surface area contributed by atoms with Gasteiger partial charge in [-0.25, -0.2) is 0 Å².